The predicted molar refractivity (Wildman–Crippen MR) is 82.9 cm³/mol. The highest BCUT2D eigenvalue weighted by molar-refractivity contribution is 5.68. The van der Waals surface area contributed by atoms with Crippen LogP contribution >= 0.6 is 0 Å². The topological polar surface area (TPSA) is 82.6 Å². The van der Waals surface area contributed by atoms with E-state index >= 15 is 0 Å². The molecule has 2 N–H and O–H groups in total. The van der Waals surface area contributed by atoms with Crippen molar-refractivity contribution in [2.24, 2.45) is 5.73 Å². The van der Waals surface area contributed by atoms with Gasteiger partial charge in [-0.15, -0.1) is 0 Å². The van der Waals surface area contributed by atoms with Crippen molar-refractivity contribution in [2.45, 2.75) is 45.3 Å². The van der Waals surface area contributed by atoms with Crippen molar-refractivity contribution in [1.82, 2.24) is 14.7 Å². The Hall–Kier alpha value is -1.76. The smallest absolute Gasteiger partial charge is 0.410 e. The van der Waals surface area contributed by atoms with Crippen LogP contribution in [-0.2, 0) is 4.74 Å². The molecule has 1 amide bonds. The molecule has 1 aliphatic rings. The van der Waals surface area contributed by atoms with Gasteiger partial charge in [-0.1, -0.05) is 0 Å². The average molecular weight is 310 g/mol. The molecular weight excluding hydrogens is 284 g/mol. The van der Waals surface area contributed by atoms with Gasteiger partial charge in [-0.2, -0.15) is 5.10 Å². The number of ether oxygens (including phenoxy) is 2. The van der Waals surface area contributed by atoms with E-state index in [4.69, 9.17) is 15.2 Å². The van der Waals surface area contributed by atoms with Crippen LogP contribution < -0.4 is 10.5 Å². The maximum atomic E-state index is 12.0. The lowest BCUT2D eigenvalue weighted by Crippen LogP contribution is -2.42. The molecule has 2 heterocycles. The Morgan fingerprint density at radius 2 is 2.09 bits per heavy atom. The lowest BCUT2D eigenvalue weighted by atomic mass is 10.1. The third-order valence-corrected chi connectivity index (χ3v) is 3.45. The van der Waals surface area contributed by atoms with Gasteiger partial charge >= 0.3 is 6.09 Å². The molecular formula is C15H26N4O3. The van der Waals surface area contributed by atoms with Gasteiger partial charge in [0, 0.05) is 19.6 Å². The number of aromatic nitrogens is 2. The number of piperidine rings is 1. The first kappa shape index (κ1) is 16.6. The summed E-state index contributed by atoms with van der Waals surface area (Å²) in [5, 5.41) is 4.34. The molecule has 124 valence electrons. The molecule has 7 nitrogen and oxygen atoms in total. The van der Waals surface area contributed by atoms with E-state index in [1.54, 1.807) is 11.1 Å². The van der Waals surface area contributed by atoms with E-state index in [-0.39, 0.29) is 12.1 Å². The quantitative estimate of drug-likeness (QED) is 0.917. The highest BCUT2D eigenvalue weighted by Crippen LogP contribution is 2.24. The Bertz CT molecular complexity index is 487. The zero-order chi connectivity index (χ0) is 16.2. The van der Waals surface area contributed by atoms with E-state index < -0.39 is 5.60 Å². The van der Waals surface area contributed by atoms with Crippen LogP contribution in [0.25, 0.3) is 0 Å². The zero-order valence-electron chi connectivity index (χ0n) is 13.6. The monoisotopic (exact) mass is 310 g/mol. The van der Waals surface area contributed by atoms with Crippen molar-refractivity contribution in [2.75, 3.05) is 26.2 Å². The summed E-state index contributed by atoms with van der Waals surface area (Å²) in [7, 11) is 0. The average Bonchev–Trinajstić information content (AvgIpc) is 2.92. The van der Waals surface area contributed by atoms with Crippen molar-refractivity contribution in [3.05, 3.63) is 12.4 Å². The van der Waals surface area contributed by atoms with Gasteiger partial charge in [-0.05, 0) is 33.6 Å². The molecule has 7 heteroatoms. The second kappa shape index (κ2) is 7.00. The van der Waals surface area contributed by atoms with Crippen LogP contribution in [0.15, 0.2) is 12.4 Å². The second-order valence-electron chi connectivity index (χ2n) is 6.49. The number of carbonyl (C=O) groups excluding carboxylic acids is 1. The molecule has 22 heavy (non-hydrogen) atoms. The Balaban J connectivity index is 1.84. The highest BCUT2D eigenvalue weighted by Gasteiger charge is 2.27. The van der Waals surface area contributed by atoms with Crippen LogP contribution in [0.1, 0.15) is 39.7 Å². The molecule has 0 spiro atoms. The molecule has 0 saturated carbocycles. The van der Waals surface area contributed by atoms with Crippen LogP contribution in [0.4, 0.5) is 4.79 Å². The first-order valence-corrected chi connectivity index (χ1v) is 7.74. The van der Waals surface area contributed by atoms with E-state index in [2.05, 4.69) is 5.10 Å². The van der Waals surface area contributed by atoms with Crippen molar-refractivity contribution >= 4 is 6.09 Å². The van der Waals surface area contributed by atoms with Gasteiger partial charge in [0.25, 0.3) is 0 Å². The SMILES string of the molecule is CC(C)(C)OC(=O)N1CCC(n2cc(OCCN)cn2)CC1. The summed E-state index contributed by atoms with van der Waals surface area (Å²) in [5.74, 6) is 0.736. The molecule has 0 aromatic carbocycles. The standard InChI is InChI=1S/C15H26N4O3/c1-15(2,3)22-14(20)18-7-4-12(5-8-18)19-11-13(10-17-19)21-9-6-16/h10-12H,4-9,16H2,1-3H3. The number of rotatable bonds is 4. The lowest BCUT2D eigenvalue weighted by molar-refractivity contribution is 0.0184. The molecule has 0 radical (unpaired) electrons. The fourth-order valence-corrected chi connectivity index (χ4v) is 2.41. The van der Waals surface area contributed by atoms with Gasteiger partial charge in [0.1, 0.15) is 12.2 Å². The molecule has 2 rings (SSSR count). The Kier molecular flexibility index (Phi) is 5.28. The number of carbonyl (C=O) groups is 1. The fourth-order valence-electron chi connectivity index (χ4n) is 2.41. The summed E-state index contributed by atoms with van der Waals surface area (Å²) < 4.78 is 12.8. The van der Waals surface area contributed by atoms with Gasteiger partial charge in [-0.3, -0.25) is 4.68 Å². The maximum Gasteiger partial charge on any atom is 0.410 e. The van der Waals surface area contributed by atoms with E-state index in [1.807, 2.05) is 31.6 Å². The number of hydrogen-bond acceptors (Lipinski definition) is 5. The van der Waals surface area contributed by atoms with Gasteiger partial charge in [0.15, 0.2) is 5.75 Å². The Labute approximate surface area is 131 Å². The molecule has 1 aromatic rings. The third-order valence-electron chi connectivity index (χ3n) is 3.45. The molecule has 1 aromatic heterocycles. The molecule has 1 fully saturated rings. The highest BCUT2D eigenvalue weighted by atomic mass is 16.6. The number of nitrogens with two attached hydrogens (primary N) is 1. The van der Waals surface area contributed by atoms with Crippen LogP contribution in [0.2, 0.25) is 0 Å². The Morgan fingerprint density at radius 3 is 2.68 bits per heavy atom. The second-order valence-corrected chi connectivity index (χ2v) is 6.49. The fraction of sp³-hybridized carbons (Fsp3) is 0.733. The van der Waals surface area contributed by atoms with Crippen LogP contribution in [-0.4, -0.2) is 52.6 Å². The summed E-state index contributed by atoms with van der Waals surface area (Å²) >= 11 is 0. The molecule has 0 aliphatic carbocycles. The predicted octanol–water partition coefficient (Wildman–Crippen LogP) is 1.79. The molecule has 0 bridgehead atoms. The Morgan fingerprint density at radius 1 is 1.41 bits per heavy atom. The van der Waals surface area contributed by atoms with Gasteiger partial charge in [-0.25, -0.2) is 4.79 Å². The van der Waals surface area contributed by atoms with Crippen LogP contribution in [0.3, 0.4) is 0 Å². The van der Waals surface area contributed by atoms with E-state index in [0.717, 1.165) is 18.6 Å². The molecule has 1 saturated heterocycles. The number of likely N-dealkylation sites (tertiary alicyclic amines) is 1. The van der Waals surface area contributed by atoms with Crippen molar-refractivity contribution in [3.8, 4) is 5.75 Å². The largest absolute Gasteiger partial charge is 0.489 e. The first-order valence-electron chi connectivity index (χ1n) is 7.74. The van der Waals surface area contributed by atoms with Crippen molar-refractivity contribution < 1.29 is 14.3 Å². The first-order chi connectivity index (χ1) is 10.4. The summed E-state index contributed by atoms with van der Waals surface area (Å²) in [6.07, 6.45) is 5.08. The normalized spacial score (nSPS) is 16.6. The van der Waals surface area contributed by atoms with Crippen LogP contribution in [0, 0.1) is 0 Å². The van der Waals surface area contributed by atoms with Crippen molar-refractivity contribution in [1.29, 1.82) is 0 Å². The summed E-state index contributed by atoms with van der Waals surface area (Å²) in [5.41, 5.74) is 4.96. The van der Waals surface area contributed by atoms with E-state index in [9.17, 15) is 4.79 Å². The minimum Gasteiger partial charge on any atom is -0.489 e. The zero-order valence-corrected chi connectivity index (χ0v) is 13.6. The van der Waals surface area contributed by atoms with Crippen molar-refractivity contribution in [3.63, 3.8) is 0 Å². The van der Waals surface area contributed by atoms with Crippen LogP contribution in [0.5, 0.6) is 5.75 Å². The minimum absolute atomic E-state index is 0.238. The maximum absolute atomic E-state index is 12.0. The van der Waals surface area contributed by atoms with Gasteiger partial charge < -0.3 is 20.1 Å². The molecule has 0 atom stereocenters. The number of nitrogens with zero attached hydrogens (tertiary/aromatic N) is 3. The van der Waals surface area contributed by atoms with Gasteiger partial charge in [0.2, 0.25) is 0 Å². The number of hydrogen-bond donors (Lipinski definition) is 1. The molecule has 1 aliphatic heterocycles. The number of amides is 1. The minimum atomic E-state index is -0.453. The van der Waals surface area contributed by atoms with E-state index in [0.29, 0.717) is 26.2 Å². The lowest BCUT2D eigenvalue weighted by Gasteiger charge is -2.33. The molecule has 0 unspecified atom stereocenters. The van der Waals surface area contributed by atoms with Gasteiger partial charge in [0.05, 0.1) is 18.4 Å². The van der Waals surface area contributed by atoms with E-state index in [1.165, 1.54) is 0 Å². The summed E-state index contributed by atoms with van der Waals surface area (Å²) in [4.78, 5) is 13.8. The summed E-state index contributed by atoms with van der Waals surface area (Å²) in [6.45, 7) is 7.97. The summed E-state index contributed by atoms with van der Waals surface area (Å²) in [6, 6.07) is 0.286. The third kappa shape index (κ3) is 4.62.